The van der Waals surface area contributed by atoms with Crippen LogP contribution in [0.2, 0.25) is 0 Å². The number of aromatic nitrogens is 1. The maximum Gasteiger partial charge on any atom is 0.0380 e. The van der Waals surface area contributed by atoms with Crippen LogP contribution in [0.5, 0.6) is 0 Å². The highest BCUT2D eigenvalue weighted by Gasteiger charge is 2.36. The van der Waals surface area contributed by atoms with E-state index in [-0.39, 0.29) is 0 Å². The van der Waals surface area contributed by atoms with E-state index in [9.17, 15) is 0 Å². The molecular weight excluding hydrogens is 248 g/mol. The number of rotatable bonds is 6. The third-order valence-electron chi connectivity index (χ3n) is 4.62. The van der Waals surface area contributed by atoms with Gasteiger partial charge in [0.15, 0.2) is 0 Å². The Morgan fingerprint density at radius 1 is 1.35 bits per heavy atom. The zero-order valence-corrected chi connectivity index (χ0v) is 12.5. The van der Waals surface area contributed by atoms with Gasteiger partial charge in [0.05, 0.1) is 0 Å². The molecule has 3 aliphatic rings. The predicted molar refractivity (Wildman–Crippen MR) is 81.8 cm³/mol. The van der Waals surface area contributed by atoms with Crippen molar-refractivity contribution in [3.63, 3.8) is 0 Å². The van der Waals surface area contributed by atoms with Gasteiger partial charge in [-0.3, -0.25) is 14.8 Å². The summed E-state index contributed by atoms with van der Waals surface area (Å²) in [6.45, 7) is 9.56. The summed E-state index contributed by atoms with van der Waals surface area (Å²) < 4.78 is 0. The van der Waals surface area contributed by atoms with Gasteiger partial charge < -0.3 is 5.32 Å². The topological polar surface area (TPSA) is 31.4 Å². The van der Waals surface area contributed by atoms with Crippen molar-refractivity contribution < 1.29 is 0 Å². The molecular formula is C16H26N4. The van der Waals surface area contributed by atoms with E-state index in [1.807, 2.05) is 18.5 Å². The number of hydrogen-bond acceptors (Lipinski definition) is 4. The SMILES string of the molecule is CCCNC(Cc1cccnc1)C1CN2CCN1CC2. The molecule has 3 fully saturated rings. The Morgan fingerprint density at radius 2 is 2.20 bits per heavy atom. The third-order valence-corrected chi connectivity index (χ3v) is 4.62. The molecule has 2 unspecified atom stereocenters. The van der Waals surface area contributed by atoms with E-state index in [0.717, 1.165) is 13.0 Å². The first kappa shape index (κ1) is 14.0. The fourth-order valence-corrected chi connectivity index (χ4v) is 3.49. The quantitative estimate of drug-likeness (QED) is 0.838. The second kappa shape index (κ2) is 6.66. The average Bonchev–Trinajstić information content (AvgIpc) is 2.53. The van der Waals surface area contributed by atoms with Crippen LogP contribution in [-0.4, -0.2) is 66.1 Å². The van der Waals surface area contributed by atoms with Crippen molar-refractivity contribution in [1.29, 1.82) is 0 Å². The summed E-state index contributed by atoms with van der Waals surface area (Å²) in [6.07, 6.45) is 6.15. The van der Waals surface area contributed by atoms with Crippen molar-refractivity contribution in [2.45, 2.75) is 31.8 Å². The van der Waals surface area contributed by atoms with Gasteiger partial charge in [0.1, 0.15) is 0 Å². The van der Waals surface area contributed by atoms with Crippen LogP contribution in [0.25, 0.3) is 0 Å². The van der Waals surface area contributed by atoms with Crippen LogP contribution < -0.4 is 5.32 Å². The first-order valence-corrected chi connectivity index (χ1v) is 7.95. The maximum atomic E-state index is 4.26. The molecule has 1 aromatic heterocycles. The molecule has 0 aromatic carbocycles. The molecule has 1 aromatic rings. The number of fused-ring (bicyclic) bond motifs is 3. The van der Waals surface area contributed by atoms with Crippen molar-refractivity contribution in [2.24, 2.45) is 0 Å². The molecule has 4 nitrogen and oxygen atoms in total. The largest absolute Gasteiger partial charge is 0.312 e. The van der Waals surface area contributed by atoms with E-state index >= 15 is 0 Å². The van der Waals surface area contributed by atoms with E-state index < -0.39 is 0 Å². The average molecular weight is 274 g/mol. The summed E-state index contributed by atoms with van der Waals surface area (Å²) in [5.74, 6) is 0. The summed E-state index contributed by atoms with van der Waals surface area (Å²) in [7, 11) is 0. The van der Waals surface area contributed by atoms with Crippen molar-refractivity contribution in [3.05, 3.63) is 30.1 Å². The van der Waals surface area contributed by atoms with Crippen molar-refractivity contribution >= 4 is 0 Å². The second-order valence-electron chi connectivity index (χ2n) is 6.03. The summed E-state index contributed by atoms with van der Waals surface area (Å²) in [6, 6.07) is 5.44. The molecule has 4 heterocycles. The molecule has 3 saturated heterocycles. The zero-order valence-electron chi connectivity index (χ0n) is 12.5. The third kappa shape index (κ3) is 3.19. The van der Waals surface area contributed by atoms with Crippen molar-refractivity contribution in [1.82, 2.24) is 20.1 Å². The van der Waals surface area contributed by atoms with E-state index in [4.69, 9.17) is 0 Å². The van der Waals surface area contributed by atoms with Crippen LogP contribution in [0, 0.1) is 0 Å². The summed E-state index contributed by atoms with van der Waals surface area (Å²) >= 11 is 0. The minimum absolute atomic E-state index is 0.544. The first-order valence-electron chi connectivity index (χ1n) is 7.95. The number of nitrogens with zero attached hydrogens (tertiary/aromatic N) is 3. The molecule has 4 rings (SSSR count). The van der Waals surface area contributed by atoms with Crippen molar-refractivity contribution in [3.8, 4) is 0 Å². The highest BCUT2D eigenvalue weighted by Crippen LogP contribution is 2.20. The lowest BCUT2D eigenvalue weighted by Crippen LogP contribution is -2.66. The molecule has 0 aliphatic carbocycles. The Kier molecular flexibility index (Phi) is 4.65. The molecule has 3 aliphatic heterocycles. The molecule has 2 atom stereocenters. The summed E-state index contributed by atoms with van der Waals surface area (Å²) in [5, 5.41) is 3.78. The Morgan fingerprint density at radius 3 is 2.80 bits per heavy atom. The van der Waals surface area contributed by atoms with Crippen LogP contribution in [0.4, 0.5) is 0 Å². The molecule has 1 N–H and O–H groups in total. The van der Waals surface area contributed by atoms with Gasteiger partial charge in [-0.25, -0.2) is 0 Å². The molecule has 4 heteroatoms. The fourth-order valence-electron chi connectivity index (χ4n) is 3.49. The minimum atomic E-state index is 0.544. The standard InChI is InChI=1S/C16H26N4/c1-2-5-18-15(11-14-4-3-6-17-12-14)16-13-19-7-9-20(16)10-8-19/h3-4,6,12,15-16,18H,2,5,7-11,13H2,1H3. The molecule has 0 spiro atoms. The molecule has 110 valence electrons. The van der Waals surface area contributed by atoms with Crippen LogP contribution in [0.1, 0.15) is 18.9 Å². The number of pyridine rings is 1. The molecule has 0 amide bonds. The molecule has 0 radical (unpaired) electrons. The lowest BCUT2D eigenvalue weighted by molar-refractivity contribution is -0.00310. The molecule has 2 bridgehead atoms. The minimum Gasteiger partial charge on any atom is -0.312 e. The Hall–Kier alpha value is -0.970. The van der Waals surface area contributed by atoms with E-state index in [2.05, 4.69) is 33.1 Å². The highest BCUT2D eigenvalue weighted by molar-refractivity contribution is 5.12. The number of hydrogen-bond donors (Lipinski definition) is 1. The lowest BCUT2D eigenvalue weighted by atomic mass is 9.95. The first-order chi connectivity index (χ1) is 9.86. The van der Waals surface area contributed by atoms with Gasteiger partial charge >= 0.3 is 0 Å². The van der Waals surface area contributed by atoms with Gasteiger partial charge in [-0.05, 0) is 31.0 Å². The Labute approximate surface area is 122 Å². The predicted octanol–water partition coefficient (Wildman–Crippen LogP) is 0.992. The second-order valence-corrected chi connectivity index (χ2v) is 6.03. The van der Waals surface area contributed by atoms with Crippen LogP contribution in [-0.2, 0) is 6.42 Å². The van der Waals surface area contributed by atoms with Gasteiger partial charge in [0.2, 0.25) is 0 Å². The Bertz CT molecular complexity index is 400. The number of piperazine rings is 3. The molecule has 0 saturated carbocycles. The van der Waals surface area contributed by atoms with Crippen LogP contribution >= 0.6 is 0 Å². The lowest BCUT2D eigenvalue weighted by Gasteiger charge is -2.50. The fraction of sp³-hybridized carbons (Fsp3) is 0.688. The van der Waals surface area contributed by atoms with Crippen molar-refractivity contribution in [2.75, 3.05) is 39.3 Å². The summed E-state index contributed by atoms with van der Waals surface area (Å²) in [4.78, 5) is 9.56. The van der Waals surface area contributed by atoms with E-state index in [1.165, 1.54) is 44.7 Å². The van der Waals surface area contributed by atoms with Gasteiger partial charge in [-0.15, -0.1) is 0 Å². The van der Waals surface area contributed by atoms with Gasteiger partial charge in [0, 0.05) is 57.2 Å². The maximum absolute atomic E-state index is 4.26. The highest BCUT2D eigenvalue weighted by atomic mass is 15.4. The van der Waals surface area contributed by atoms with Crippen LogP contribution in [0.15, 0.2) is 24.5 Å². The van der Waals surface area contributed by atoms with Gasteiger partial charge in [-0.2, -0.15) is 0 Å². The monoisotopic (exact) mass is 274 g/mol. The van der Waals surface area contributed by atoms with E-state index in [0.29, 0.717) is 12.1 Å². The number of nitrogens with one attached hydrogen (secondary N) is 1. The Balaban J connectivity index is 1.69. The van der Waals surface area contributed by atoms with Gasteiger partial charge in [0.25, 0.3) is 0 Å². The van der Waals surface area contributed by atoms with Crippen LogP contribution in [0.3, 0.4) is 0 Å². The summed E-state index contributed by atoms with van der Waals surface area (Å²) in [5.41, 5.74) is 1.35. The van der Waals surface area contributed by atoms with E-state index in [1.54, 1.807) is 0 Å². The smallest absolute Gasteiger partial charge is 0.0380 e. The molecule has 20 heavy (non-hydrogen) atoms. The normalized spacial score (nSPS) is 30.4. The zero-order chi connectivity index (χ0) is 13.8. The van der Waals surface area contributed by atoms with Gasteiger partial charge in [-0.1, -0.05) is 13.0 Å².